The van der Waals surface area contributed by atoms with Crippen LogP contribution in [-0.4, -0.2) is 40.0 Å². The van der Waals surface area contributed by atoms with E-state index in [1.165, 1.54) is 14.0 Å². The predicted molar refractivity (Wildman–Crippen MR) is 75.8 cm³/mol. The lowest BCUT2D eigenvalue weighted by Crippen LogP contribution is -2.45. The SMILES string of the molecule is COC(=O)c1cc(S(=O)(=O)N[C@@H]2CCCCNC2=O)oc1C. The van der Waals surface area contributed by atoms with Crippen LogP contribution in [0, 0.1) is 6.92 Å². The maximum atomic E-state index is 12.3. The number of carbonyl (C=O) groups excluding carboxylic acids is 2. The minimum Gasteiger partial charge on any atom is -0.465 e. The average molecular weight is 330 g/mol. The third-order valence-corrected chi connectivity index (χ3v) is 4.72. The van der Waals surface area contributed by atoms with E-state index in [0.717, 1.165) is 18.9 Å². The summed E-state index contributed by atoms with van der Waals surface area (Å²) in [6, 6.07) is 0.248. The summed E-state index contributed by atoms with van der Waals surface area (Å²) in [7, 11) is -2.85. The van der Waals surface area contributed by atoms with E-state index in [1.54, 1.807) is 0 Å². The Kier molecular flexibility index (Phi) is 4.87. The number of nitrogens with one attached hydrogen (secondary N) is 2. The first-order chi connectivity index (χ1) is 10.3. The minimum atomic E-state index is -4.04. The molecule has 2 N–H and O–H groups in total. The van der Waals surface area contributed by atoms with Crippen LogP contribution in [0.5, 0.6) is 0 Å². The average Bonchev–Trinajstić information content (AvgIpc) is 2.76. The molecule has 0 aromatic carbocycles. The van der Waals surface area contributed by atoms with Gasteiger partial charge in [0.1, 0.15) is 17.4 Å². The van der Waals surface area contributed by atoms with Crippen molar-refractivity contribution in [2.45, 2.75) is 37.3 Å². The molecule has 1 aromatic heterocycles. The van der Waals surface area contributed by atoms with Crippen molar-refractivity contribution in [3.05, 3.63) is 17.4 Å². The van der Waals surface area contributed by atoms with Crippen LogP contribution in [0.3, 0.4) is 0 Å². The minimum absolute atomic E-state index is 0.0354. The van der Waals surface area contributed by atoms with E-state index >= 15 is 0 Å². The monoisotopic (exact) mass is 330 g/mol. The number of methoxy groups -OCH3 is 1. The van der Waals surface area contributed by atoms with Crippen LogP contribution in [0.2, 0.25) is 0 Å². The zero-order valence-corrected chi connectivity index (χ0v) is 13.2. The van der Waals surface area contributed by atoms with Crippen molar-refractivity contribution in [2.75, 3.05) is 13.7 Å². The molecule has 0 radical (unpaired) electrons. The van der Waals surface area contributed by atoms with Crippen LogP contribution in [0.25, 0.3) is 0 Å². The molecule has 0 aliphatic carbocycles. The molecule has 2 heterocycles. The van der Waals surface area contributed by atoms with Crippen molar-refractivity contribution in [3.63, 3.8) is 0 Å². The molecule has 1 amide bonds. The number of furan rings is 1. The van der Waals surface area contributed by atoms with Gasteiger partial charge in [0.05, 0.1) is 7.11 Å². The van der Waals surface area contributed by atoms with E-state index in [1.807, 2.05) is 0 Å². The highest BCUT2D eigenvalue weighted by molar-refractivity contribution is 7.89. The van der Waals surface area contributed by atoms with E-state index in [9.17, 15) is 18.0 Å². The van der Waals surface area contributed by atoms with Gasteiger partial charge in [0.2, 0.25) is 11.0 Å². The molecular formula is C13H18N2O6S. The Morgan fingerprint density at radius 1 is 1.45 bits per heavy atom. The maximum Gasteiger partial charge on any atom is 0.341 e. The van der Waals surface area contributed by atoms with E-state index in [2.05, 4.69) is 14.8 Å². The number of esters is 1. The Bertz CT molecular complexity index is 679. The van der Waals surface area contributed by atoms with Crippen molar-refractivity contribution >= 4 is 21.9 Å². The van der Waals surface area contributed by atoms with Gasteiger partial charge in [-0.25, -0.2) is 13.2 Å². The summed E-state index contributed by atoms with van der Waals surface area (Å²) in [4.78, 5) is 23.3. The van der Waals surface area contributed by atoms with Gasteiger partial charge in [-0.1, -0.05) is 0 Å². The molecule has 22 heavy (non-hydrogen) atoms. The van der Waals surface area contributed by atoms with Crippen molar-refractivity contribution in [1.82, 2.24) is 10.0 Å². The smallest absolute Gasteiger partial charge is 0.341 e. The highest BCUT2D eigenvalue weighted by Crippen LogP contribution is 2.20. The molecule has 8 nitrogen and oxygen atoms in total. The second-order valence-electron chi connectivity index (χ2n) is 4.99. The van der Waals surface area contributed by atoms with Crippen molar-refractivity contribution in [2.24, 2.45) is 0 Å². The van der Waals surface area contributed by atoms with Crippen molar-refractivity contribution in [3.8, 4) is 0 Å². The van der Waals surface area contributed by atoms with Crippen LogP contribution < -0.4 is 10.0 Å². The van der Waals surface area contributed by atoms with Crippen molar-refractivity contribution < 1.29 is 27.2 Å². The molecule has 1 aliphatic rings. The van der Waals surface area contributed by atoms with Gasteiger partial charge in [-0.3, -0.25) is 4.79 Å². The zero-order chi connectivity index (χ0) is 16.3. The quantitative estimate of drug-likeness (QED) is 0.769. The highest BCUT2D eigenvalue weighted by atomic mass is 32.2. The van der Waals surface area contributed by atoms with E-state index in [4.69, 9.17) is 4.42 Å². The zero-order valence-electron chi connectivity index (χ0n) is 12.3. The van der Waals surface area contributed by atoms with Gasteiger partial charge in [-0.05, 0) is 26.2 Å². The predicted octanol–water partition coefficient (Wildman–Crippen LogP) is 0.322. The summed E-state index contributed by atoms with van der Waals surface area (Å²) < 4.78 is 36.6. The molecule has 1 aromatic rings. The Hall–Kier alpha value is -1.87. The van der Waals surface area contributed by atoms with Gasteiger partial charge in [0.15, 0.2) is 0 Å². The number of hydrogen-bond acceptors (Lipinski definition) is 6. The second-order valence-corrected chi connectivity index (χ2v) is 6.63. The molecule has 0 bridgehead atoms. The van der Waals surface area contributed by atoms with Gasteiger partial charge in [0, 0.05) is 12.6 Å². The Morgan fingerprint density at radius 2 is 2.18 bits per heavy atom. The first-order valence-corrected chi connectivity index (χ1v) is 8.32. The van der Waals surface area contributed by atoms with Gasteiger partial charge in [-0.15, -0.1) is 0 Å². The normalized spacial score (nSPS) is 19.4. The van der Waals surface area contributed by atoms with Gasteiger partial charge in [-0.2, -0.15) is 4.72 Å². The van der Waals surface area contributed by atoms with Crippen LogP contribution in [-0.2, 0) is 19.6 Å². The molecule has 2 rings (SSSR count). The molecule has 1 saturated heterocycles. The molecule has 0 unspecified atom stereocenters. The first-order valence-electron chi connectivity index (χ1n) is 6.84. The fourth-order valence-corrected chi connectivity index (χ4v) is 3.42. The molecule has 1 aliphatic heterocycles. The number of hydrogen-bond donors (Lipinski definition) is 2. The number of amides is 1. The van der Waals surface area contributed by atoms with Gasteiger partial charge >= 0.3 is 5.97 Å². The van der Waals surface area contributed by atoms with Gasteiger partial charge < -0.3 is 14.5 Å². The highest BCUT2D eigenvalue weighted by Gasteiger charge is 2.30. The Balaban J connectivity index is 2.23. The number of ether oxygens (including phenoxy) is 1. The van der Waals surface area contributed by atoms with E-state index in [0.29, 0.717) is 13.0 Å². The summed E-state index contributed by atoms with van der Waals surface area (Å²) in [6.07, 6.45) is 1.95. The van der Waals surface area contributed by atoms with Crippen LogP contribution >= 0.6 is 0 Å². The third kappa shape index (κ3) is 3.47. The van der Waals surface area contributed by atoms with E-state index in [-0.39, 0.29) is 17.2 Å². The standard InChI is InChI=1S/C13H18N2O6S/c1-8-9(13(17)20-2)7-11(21-8)22(18,19)15-10-5-3-4-6-14-12(10)16/h7,10,15H,3-6H2,1-2H3,(H,14,16)/t10-/m1/s1. The summed E-state index contributed by atoms with van der Waals surface area (Å²) in [6.45, 7) is 1.99. The third-order valence-electron chi connectivity index (χ3n) is 3.40. The molecule has 9 heteroatoms. The summed E-state index contributed by atoms with van der Waals surface area (Å²) in [5.74, 6) is -0.912. The summed E-state index contributed by atoms with van der Waals surface area (Å²) in [5.41, 5.74) is 0.0354. The van der Waals surface area contributed by atoms with Crippen LogP contribution in [0.4, 0.5) is 0 Å². The topological polar surface area (TPSA) is 115 Å². The fourth-order valence-electron chi connectivity index (χ4n) is 2.20. The molecule has 0 saturated carbocycles. The lowest BCUT2D eigenvalue weighted by atomic mass is 10.1. The lowest BCUT2D eigenvalue weighted by molar-refractivity contribution is -0.122. The molecule has 0 spiro atoms. The Morgan fingerprint density at radius 3 is 2.86 bits per heavy atom. The largest absolute Gasteiger partial charge is 0.465 e. The number of carbonyl (C=O) groups is 2. The molecule has 1 atom stereocenters. The van der Waals surface area contributed by atoms with Gasteiger partial charge in [0.25, 0.3) is 10.0 Å². The molecule has 122 valence electrons. The fraction of sp³-hybridized carbons (Fsp3) is 0.538. The van der Waals surface area contributed by atoms with E-state index < -0.39 is 27.1 Å². The summed E-state index contributed by atoms with van der Waals surface area (Å²) >= 11 is 0. The lowest BCUT2D eigenvalue weighted by Gasteiger charge is -2.13. The maximum absolute atomic E-state index is 12.3. The number of sulfonamides is 1. The summed E-state index contributed by atoms with van der Waals surface area (Å²) in [5, 5.41) is 2.23. The molecular weight excluding hydrogens is 312 g/mol. The van der Waals surface area contributed by atoms with Crippen LogP contribution in [0.1, 0.15) is 35.4 Å². The molecule has 1 fully saturated rings. The van der Waals surface area contributed by atoms with Crippen LogP contribution in [0.15, 0.2) is 15.6 Å². The second kappa shape index (κ2) is 6.49. The first kappa shape index (κ1) is 16.5. The number of rotatable bonds is 4. The number of aryl methyl sites for hydroxylation is 1. The Labute approximate surface area is 128 Å². The van der Waals surface area contributed by atoms with Crippen molar-refractivity contribution in [1.29, 1.82) is 0 Å².